The monoisotopic (exact) mass is 306 g/mol. The number of nitrogens with one attached hydrogen (secondary N) is 1. The van der Waals surface area contributed by atoms with Crippen LogP contribution in [-0.2, 0) is 4.79 Å². The molecule has 2 aliphatic rings. The largest absolute Gasteiger partial charge is 0.342 e. The zero-order chi connectivity index (χ0) is 14.7. The van der Waals surface area contributed by atoms with Crippen LogP contribution in [0.3, 0.4) is 0 Å². The molecule has 114 valence electrons. The molecule has 3 nitrogen and oxygen atoms in total. The molecular formula is C17H23ClN2O. The van der Waals surface area contributed by atoms with Crippen molar-refractivity contribution < 1.29 is 4.79 Å². The number of nitrogens with zero attached hydrogens (tertiary/aromatic N) is 1. The Labute approximate surface area is 131 Å². The van der Waals surface area contributed by atoms with Crippen LogP contribution in [0.2, 0.25) is 5.02 Å². The van der Waals surface area contributed by atoms with Crippen LogP contribution in [0.25, 0.3) is 0 Å². The molecule has 2 aliphatic heterocycles. The lowest BCUT2D eigenvalue weighted by Gasteiger charge is -2.24. The Morgan fingerprint density at radius 2 is 1.90 bits per heavy atom. The minimum Gasteiger partial charge on any atom is -0.342 e. The first-order valence-electron chi connectivity index (χ1n) is 7.96. The predicted molar refractivity (Wildman–Crippen MR) is 85.6 cm³/mol. The van der Waals surface area contributed by atoms with Crippen molar-refractivity contribution in [3.05, 3.63) is 34.9 Å². The van der Waals surface area contributed by atoms with Crippen molar-refractivity contribution in [1.82, 2.24) is 10.2 Å². The molecule has 0 bridgehead atoms. The van der Waals surface area contributed by atoms with Crippen LogP contribution in [0.4, 0.5) is 0 Å². The average molecular weight is 307 g/mol. The number of carbonyl (C=O) groups is 1. The summed E-state index contributed by atoms with van der Waals surface area (Å²) in [6, 6.07) is 8.06. The van der Waals surface area contributed by atoms with Crippen LogP contribution in [0.5, 0.6) is 0 Å². The average Bonchev–Trinajstić information content (AvgIpc) is 2.99. The van der Waals surface area contributed by atoms with Crippen LogP contribution in [0.1, 0.15) is 37.2 Å². The van der Waals surface area contributed by atoms with Crippen LogP contribution >= 0.6 is 11.6 Å². The van der Waals surface area contributed by atoms with Gasteiger partial charge in [0, 0.05) is 30.5 Å². The number of piperidine rings is 1. The van der Waals surface area contributed by atoms with Gasteiger partial charge in [-0.2, -0.15) is 0 Å². The second kappa shape index (κ2) is 6.80. The van der Waals surface area contributed by atoms with E-state index in [0.717, 1.165) is 56.9 Å². The second-order valence-corrected chi connectivity index (χ2v) is 6.71. The molecule has 0 aromatic heterocycles. The fourth-order valence-electron chi connectivity index (χ4n) is 3.46. The van der Waals surface area contributed by atoms with Crippen LogP contribution in [0, 0.1) is 5.92 Å². The van der Waals surface area contributed by atoms with Gasteiger partial charge in [0.25, 0.3) is 0 Å². The summed E-state index contributed by atoms with van der Waals surface area (Å²) < 4.78 is 0. The van der Waals surface area contributed by atoms with E-state index in [9.17, 15) is 4.79 Å². The van der Waals surface area contributed by atoms with E-state index >= 15 is 0 Å². The van der Waals surface area contributed by atoms with Crippen molar-refractivity contribution in [1.29, 1.82) is 0 Å². The first-order chi connectivity index (χ1) is 10.2. The van der Waals surface area contributed by atoms with Gasteiger partial charge >= 0.3 is 0 Å². The zero-order valence-corrected chi connectivity index (χ0v) is 13.1. The van der Waals surface area contributed by atoms with Gasteiger partial charge < -0.3 is 10.2 Å². The third-order valence-corrected chi connectivity index (χ3v) is 5.06. The molecule has 1 atom stereocenters. The van der Waals surface area contributed by atoms with Crippen molar-refractivity contribution in [2.75, 3.05) is 26.2 Å². The van der Waals surface area contributed by atoms with E-state index < -0.39 is 0 Å². The molecular weight excluding hydrogens is 284 g/mol. The van der Waals surface area contributed by atoms with Crippen molar-refractivity contribution in [3.8, 4) is 0 Å². The third kappa shape index (κ3) is 3.78. The molecule has 1 N–H and O–H groups in total. The first kappa shape index (κ1) is 14.9. The maximum absolute atomic E-state index is 12.4. The fraction of sp³-hybridized carbons (Fsp3) is 0.588. The van der Waals surface area contributed by atoms with Crippen LogP contribution in [0.15, 0.2) is 24.3 Å². The van der Waals surface area contributed by atoms with Gasteiger partial charge in [0.15, 0.2) is 0 Å². The minimum absolute atomic E-state index is 0.346. The van der Waals surface area contributed by atoms with Crippen LogP contribution in [-0.4, -0.2) is 37.0 Å². The van der Waals surface area contributed by atoms with Gasteiger partial charge in [-0.3, -0.25) is 4.79 Å². The maximum Gasteiger partial charge on any atom is 0.222 e. The van der Waals surface area contributed by atoms with Crippen LogP contribution < -0.4 is 5.32 Å². The lowest BCUT2D eigenvalue weighted by molar-refractivity contribution is -0.131. The molecule has 2 fully saturated rings. The Bertz CT molecular complexity index is 482. The molecule has 1 aromatic rings. The number of benzene rings is 1. The SMILES string of the molecule is O=C(CC1CCNCC1)N1CC[C@H](c2ccc(Cl)cc2)C1. The van der Waals surface area contributed by atoms with Crippen molar-refractivity contribution in [3.63, 3.8) is 0 Å². The Morgan fingerprint density at radius 1 is 1.19 bits per heavy atom. The molecule has 1 aromatic carbocycles. The highest BCUT2D eigenvalue weighted by Gasteiger charge is 2.28. The molecule has 1 amide bonds. The summed E-state index contributed by atoms with van der Waals surface area (Å²) in [5.41, 5.74) is 1.30. The smallest absolute Gasteiger partial charge is 0.222 e. The van der Waals surface area contributed by atoms with Crippen molar-refractivity contribution in [2.45, 2.75) is 31.6 Å². The number of carbonyl (C=O) groups excluding carboxylic acids is 1. The van der Waals surface area contributed by atoms with E-state index in [2.05, 4.69) is 22.3 Å². The zero-order valence-electron chi connectivity index (χ0n) is 12.4. The predicted octanol–water partition coefficient (Wildman–Crippen LogP) is 3.05. The molecule has 21 heavy (non-hydrogen) atoms. The molecule has 4 heteroatoms. The lowest BCUT2D eigenvalue weighted by atomic mass is 9.94. The minimum atomic E-state index is 0.346. The number of hydrogen-bond donors (Lipinski definition) is 1. The van der Waals surface area contributed by atoms with Crippen molar-refractivity contribution in [2.24, 2.45) is 5.92 Å². The molecule has 0 unspecified atom stereocenters. The molecule has 0 spiro atoms. The standard InChI is InChI=1S/C17H23ClN2O/c18-16-3-1-14(2-4-16)15-7-10-20(12-15)17(21)11-13-5-8-19-9-6-13/h1-4,13,15,19H,5-12H2/t15-/m0/s1. The van der Waals surface area contributed by atoms with E-state index in [1.165, 1.54) is 5.56 Å². The number of amides is 1. The number of likely N-dealkylation sites (tertiary alicyclic amines) is 1. The van der Waals surface area contributed by atoms with E-state index in [1.54, 1.807) is 0 Å². The summed E-state index contributed by atoms with van der Waals surface area (Å²) in [4.78, 5) is 14.5. The Balaban J connectivity index is 1.53. The van der Waals surface area contributed by atoms with E-state index in [1.807, 2.05) is 12.1 Å². The molecule has 0 saturated carbocycles. The summed E-state index contributed by atoms with van der Waals surface area (Å²) >= 11 is 5.94. The Morgan fingerprint density at radius 3 is 2.62 bits per heavy atom. The number of halogens is 1. The van der Waals surface area contributed by atoms with E-state index in [-0.39, 0.29) is 0 Å². The quantitative estimate of drug-likeness (QED) is 0.931. The summed E-state index contributed by atoms with van der Waals surface area (Å²) in [5.74, 6) is 1.39. The normalized spacial score (nSPS) is 23.5. The summed E-state index contributed by atoms with van der Waals surface area (Å²) in [7, 11) is 0. The Hall–Kier alpha value is -1.06. The van der Waals surface area contributed by atoms with E-state index in [4.69, 9.17) is 11.6 Å². The van der Waals surface area contributed by atoms with Gasteiger partial charge in [-0.1, -0.05) is 23.7 Å². The first-order valence-corrected chi connectivity index (χ1v) is 8.34. The summed E-state index contributed by atoms with van der Waals surface area (Å²) in [6.07, 6.45) is 4.08. The van der Waals surface area contributed by atoms with Gasteiger partial charge in [-0.25, -0.2) is 0 Å². The highest BCUT2D eigenvalue weighted by atomic mass is 35.5. The summed E-state index contributed by atoms with van der Waals surface area (Å²) in [6.45, 7) is 3.89. The number of hydrogen-bond acceptors (Lipinski definition) is 2. The summed E-state index contributed by atoms with van der Waals surface area (Å²) in [5, 5.41) is 4.13. The highest BCUT2D eigenvalue weighted by molar-refractivity contribution is 6.30. The number of rotatable bonds is 3. The molecule has 0 aliphatic carbocycles. The van der Waals surface area contributed by atoms with E-state index in [0.29, 0.717) is 17.7 Å². The molecule has 2 saturated heterocycles. The van der Waals surface area contributed by atoms with Gasteiger partial charge in [-0.15, -0.1) is 0 Å². The molecule has 2 heterocycles. The van der Waals surface area contributed by atoms with Crippen molar-refractivity contribution >= 4 is 17.5 Å². The molecule has 3 rings (SSSR count). The van der Waals surface area contributed by atoms with Gasteiger partial charge in [-0.05, 0) is 56.0 Å². The van der Waals surface area contributed by atoms with Gasteiger partial charge in [0.1, 0.15) is 0 Å². The maximum atomic E-state index is 12.4. The second-order valence-electron chi connectivity index (χ2n) is 6.27. The topological polar surface area (TPSA) is 32.3 Å². The molecule has 0 radical (unpaired) electrons. The van der Waals surface area contributed by atoms with Gasteiger partial charge in [0.05, 0.1) is 0 Å². The third-order valence-electron chi connectivity index (χ3n) is 4.80. The lowest BCUT2D eigenvalue weighted by Crippen LogP contribution is -2.34. The fourth-order valence-corrected chi connectivity index (χ4v) is 3.58. The Kier molecular flexibility index (Phi) is 4.81. The highest BCUT2D eigenvalue weighted by Crippen LogP contribution is 2.29. The van der Waals surface area contributed by atoms with Gasteiger partial charge in [0.2, 0.25) is 5.91 Å².